The Morgan fingerprint density at radius 1 is 1.07 bits per heavy atom. The predicted octanol–water partition coefficient (Wildman–Crippen LogP) is 2.60. The number of nitrogens with zero attached hydrogens (tertiary/aromatic N) is 3. The number of sulfonamides is 1. The molecule has 150 valence electrons. The highest BCUT2D eigenvalue weighted by molar-refractivity contribution is 7.89. The molecular weight excluding hydrogens is 378 g/mol. The van der Waals surface area contributed by atoms with Crippen LogP contribution in [0, 0.1) is 0 Å². The van der Waals surface area contributed by atoms with Crippen molar-refractivity contribution in [2.24, 2.45) is 0 Å². The molecule has 1 saturated heterocycles. The molecule has 4 rings (SSSR count). The topological polar surface area (TPSA) is 81.6 Å². The highest BCUT2D eigenvalue weighted by Gasteiger charge is 2.31. The summed E-state index contributed by atoms with van der Waals surface area (Å²) < 4.78 is 38.6. The first-order chi connectivity index (χ1) is 13.6. The lowest BCUT2D eigenvalue weighted by molar-refractivity contribution is 0.128. The van der Waals surface area contributed by atoms with E-state index in [4.69, 9.17) is 9.47 Å². The first-order valence-electron chi connectivity index (χ1n) is 9.72. The van der Waals surface area contributed by atoms with Crippen molar-refractivity contribution >= 4 is 10.0 Å². The number of aromatic nitrogens is 2. The normalized spacial score (nSPS) is 18.5. The molecule has 1 fully saturated rings. The van der Waals surface area contributed by atoms with Gasteiger partial charge in [0.2, 0.25) is 15.9 Å². The van der Waals surface area contributed by atoms with Gasteiger partial charge in [-0.3, -0.25) is 0 Å². The second kappa shape index (κ2) is 8.05. The zero-order chi connectivity index (χ0) is 19.6. The number of rotatable bonds is 5. The Morgan fingerprint density at radius 3 is 2.57 bits per heavy atom. The predicted molar refractivity (Wildman–Crippen MR) is 104 cm³/mol. The van der Waals surface area contributed by atoms with Gasteiger partial charge in [0.25, 0.3) is 0 Å². The number of aryl methyl sites for hydroxylation is 2. The van der Waals surface area contributed by atoms with Crippen LogP contribution in [0.5, 0.6) is 11.9 Å². The van der Waals surface area contributed by atoms with Crippen LogP contribution in [0.2, 0.25) is 0 Å². The van der Waals surface area contributed by atoms with Gasteiger partial charge in [-0.25, -0.2) is 13.4 Å². The van der Waals surface area contributed by atoms with Gasteiger partial charge in [0.05, 0.1) is 12.0 Å². The summed E-state index contributed by atoms with van der Waals surface area (Å²) in [5.41, 5.74) is 2.47. The first kappa shape index (κ1) is 19.1. The highest BCUT2D eigenvalue weighted by atomic mass is 32.2. The minimum Gasteiger partial charge on any atom is -0.474 e. The Hall–Kier alpha value is -2.19. The summed E-state index contributed by atoms with van der Waals surface area (Å²) in [6.45, 7) is 0.874. The minimum atomic E-state index is -3.47. The lowest BCUT2D eigenvalue weighted by Crippen LogP contribution is -2.41. The van der Waals surface area contributed by atoms with Crippen molar-refractivity contribution in [3.8, 4) is 11.9 Å². The van der Waals surface area contributed by atoms with Crippen LogP contribution in [0.3, 0.4) is 0 Å². The molecule has 28 heavy (non-hydrogen) atoms. The molecule has 7 nitrogen and oxygen atoms in total. The molecule has 8 heteroatoms. The van der Waals surface area contributed by atoms with E-state index in [1.807, 2.05) is 12.1 Å². The third-order valence-electron chi connectivity index (χ3n) is 5.44. The molecule has 1 aliphatic carbocycles. The van der Waals surface area contributed by atoms with Crippen molar-refractivity contribution in [3.63, 3.8) is 0 Å². The molecule has 0 atom stereocenters. The Kier molecular flexibility index (Phi) is 5.50. The summed E-state index contributed by atoms with van der Waals surface area (Å²) in [4.78, 5) is 8.52. The summed E-state index contributed by atoms with van der Waals surface area (Å²) in [6.07, 6.45) is 7.08. The summed E-state index contributed by atoms with van der Waals surface area (Å²) in [7, 11) is -1.97. The number of benzene rings is 1. The van der Waals surface area contributed by atoms with E-state index in [9.17, 15) is 8.42 Å². The number of hydrogen-bond acceptors (Lipinski definition) is 6. The maximum Gasteiger partial charge on any atom is 0.319 e. The molecule has 1 aliphatic heterocycles. The van der Waals surface area contributed by atoms with Gasteiger partial charge >= 0.3 is 6.01 Å². The van der Waals surface area contributed by atoms with E-state index in [2.05, 4.69) is 9.97 Å². The molecule has 0 saturated carbocycles. The fraction of sp³-hybridized carbons (Fsp3) is 0.500. The van der Waals surface area contributed by atoms with E-state index >= 15 is 0 Å². The van der Waals surface area contributed by atoms with Gasteiger partial charge in [0.15, 0.2) is 0 Å². The van der Waals surface area contributed by atoms with Gasteiger partial charge in [0.1, 0.15) is 6.10 Å². The summed E-state index contributed by atoms with van der Waals surface area (Å²) in [6, 6.07) is 7.55. The zero-order valence-corrected chi connectivity index (χ0v) is 16.8. The van der Waals surface area contributed by atoms with Crippen molar-refractivity contribution in [1.82, 2.24) is 14.3 Å². The van der Waals surface area contributed by atoms with E-state index in [-0.39, 0.29) is 12.1 Å². The number of hydrogen-bond donors (Lipinski definition) is 0. The van der Waals surface area contributed by atoms with Crippen molar-refractivity contribution in [1.29, 1.82) is 0 Å². The third kappa shape index (κ3) is 3.98. The molecule has 0 radical (unpaired) electrons. The fourth-order valence-electron chi connectivity index (χ4n) is 3.87. The van der Waals surface area contributed by atoms with Crippen LogP contribution in [0.25, 0.3) is 0 Å². The lowest BCUT2D eigenvalue weighted by atomic mass is 9.92. The molecule has 2 aromatic rings. The van der Waals surface area contributed by atoms with Crippen LogP contribution in [0.15, 0.2) is 35.4 Å². The van der Waals surface area contributed by atoms with Crippen LogP contribution in [-0.2, 0) is 22.9 Å². The Balaban J connectivity index is 1.41. The van der Waals surface area contributed by atoms with Crippen LogP contribution < -0.4 is 9.47 Å². The van der Waals surface area contributed by atoms with Gasteiger partial charge in [-0.15, -0.1) is 0 Å². The monoisotopic (exact) mass is 403 g/mol. The van der Waals surface area contributed by atoms with Gasteiger partial charge in [0, 0.05) is 25.4 Å². The third-order valence-corrected chi connectivity index (χ3v) is 7.33. The quantitative estimate of drug-likeness (QED) is 0.763. The number of piperidine rings is 1. The van der Waals surface area contributed by atoms with Gasteiger partial charge in [-0.2, -0.15) is 9.29 Å². The molecule has 1 aromatic heterocycles. The van der Waals surface area contributed by atoms with E-state index in [1.165, 1.54) is 24.7 Å². The van der Waals surface area contributed by atoms with Gasteiger partial charge in [-0.1, -0.05) is 6.07 Å². The van der Waals surface area contributed by atoms with Crippen molar-refractivity contribution in [2.75, 3.05) is 20.2 Å². The molecule has 0 bridgehead atoms. The van der Waals surface area contributed by atoms with Crippen molar-refractivity contribution < 1.29 is 17.9 Å². The number of fused-ring (bicyclic) bond motifs is 1. The SMILES string of the molecule is COc1nccc(OC2CCN(S(=O)(=O)c3ccc4c(c3)CCCC4)CC2)n1. The second-order valence-electron chi connectivity index (χ2n) is 7.24. The van der Waals surface area contributed by atoms with E-state index in [0.29, 0.717) is 36.7 Å². The molecule has 2 aliphatic rings. The smallest absolute Gasteiger partial charge is 0.319 e. The maximum atomic E-state index is 13.1. The highest BCUT2D eigenvalue weighted by Crippen LogP contribution is 2.28. The zero-order valence-electron chi connectivity index (χ0n) is 16.0. The fourth-order valence-corrected chi connectivity index (χ4v) is 5.39. The molecule has 1 aromatic carbocycles. The molecular formula is C20H25N3O4S. The van der Waals surface area contributed by atoms with Crippen LogP contribution in [0.4, 0.5) is 0 Å². The Labute approximate surface area is 165 Å². The largest absolute Gasteiger partial charge is 0.474 e. The van der Waals surface area contributed by atoms with Gasteiger partial charge < -0.3 is 9.47 Å². The van der Waals surface area contributed by atoms with Gasteiger partial charge in [-0.05, 0) is 61.8 Å². The first-order valence-corrected chi connectivity index (χ1v) is 11.2. The van der Waals surface area contributed by atoms with Crippen molar-refractivity contribution in [3.05, 3.63) is 41.6 Å². The molecule has 0 spiro atoms. The van der Waals surface area contributed by atoms with Crippen molar-refractivity contribution in [2.45, 2.75) is 49.5 Å². The molecule has 0 unspecified atom stereocenters. The number of methoxy groups -OCH3 is 1. The average molecular weight is 404 g/mol. The van der Waals surface area contributed by atoms with E-state index in [0.717, 1.165) is 19.3 Å². The van der Waals surface area contributed by atoms with E-state index < -0.39 is 10.0 Å². The standard InChI is InChI=1S/C20H25N3O4S/c1-26-20-21-11-8-19(22-20)27-17-9-12-23(13-10-17)28(24,25)18-7-6-15-4-2-3-5-16(15)14-18/h6-8,11,14,17H,2-5,9-10,12-13H2,1H3. The maximum absolute atomic E-state index is 13.1. The number of ether oxygens (including phenoxy) is 2. The Morgan fingerprint density at radius 2 is 1.82 bits per heavy atom. The summed E-state index contributed by atoms with van der Waals surface area (Å²) in [5.74, 6) is 0.447. The minimum absolute atomic E-state index is 0.0745. The Bertz CT molecular complexity index is 940. The van der Waals surface area contributed by atoms with E-state index in [1.54, 1.807) is 22.6 Å². The summed E-state index contributed by atoms with van der Waals surface area (Å²) in [5, 5.41) is 0. The van der Waals surface area contributed by atoms with Crippen LogP contribution in [-0.4, -0.2) is 49.0 Å². The van der Waals surface area contributed by atoms with Crippen LogP contribution >= 0.6 is 0 Å². The van der Waals surface area contributed by atoms with Crippen LogP contribution in [0.1, 0.15) is 36.8 Å². The lowest BCUT2D eigenvalue weighted by Gasteiger charge is -2.31. The molecule has 0 N–H and O–H groups in total. The molecule has 2 heterocycles. The molecule has 0 amide bonds. The second-order valence-corrected chi connectivity index (χ2v) is 9.18. The summed E-state index contributed by atoms with van der Waals surface area (Å²) >= 11 is 0. The average Bonchev–Trinajstić information content (AvgIpc) is 2.74.